The largest absolute Gasteiger partial charge is 0.356 e. The first-order valence-electron chi connectivity index (χ1n) is 8.45. The minimum Gasteiger partial charge on any atom is -0.356 e. The number of piperidine rings is 1. The molecule has 1 heterocycles. The second-order valence-corrected chi connectivity index (χ2v) is 6.48. The molecule has 0 radical (unpaired) electrons. The van der Waals surface area contributed by atoms with Crippen molar-refractivity contribution in [2.75, 3.05) is 33.7 Å². The van der Waals surface area contributed by atoms with Crippen LogP contribution in [-0.4, -0.2) is 55.5 Å². The molecule has 0 bridgehead atoms. The van der Waals surface area contributed by atoms with Crippen molar-refractivity contribution in [3.63, 3.8) is 0 Å². The highest BCUT2D eigenvalue weighted by Crippen LogP contribution is 2.17. The van der Waals surface area contributed by atoms with Crippen molar-refractivity contribution in [2.45, 2.75) is 25.7 Å². The van der Waals surface area contributed by atoms with Crippen LogP contribution in [0.4, 0.5) is 9.18 Å². The Morgan fingerprint density at radius 3 is 2.67 bits per heavy atom. The summed E-state index contributed by atoms with van der Waals surface area (Å²) in [5, 5.41) is 2.96. The van der Waals surface area contributed by atoms with E-state index in [2.05, 4.69) is 5.32 Å². The molecular weight excluding hydrogens is 309 g/mol. The fourth-order valence-corrected chi connectivity index (χ4v) is 2.95. The Balaban J connectivity index is 1.71. The van der Waals surface area contributed by atoms with Gasteiger partial charge in [0, 0.05) is 33.7 Å². The van der Waals surface area contributed by atoms with Gasteiger partial charge in [-0.3, -0.25) is 4.79 Å². The monoisotopic (exact) mass is 335 g/mol. The van der Waals surface area contributed by atoms with Crippen molar-refractivity contribution >= 4 is 11.9 Å². The van der Waals surface area contributed by atoms with E-state index in [1.54, 1.807) is 36.0 Å². The standard InChI is InChI=1S/C18H26FN3O2/c1-21(2)18(24)22-12-4-6-15(13-22)17(23)20-11-3-5-14-7-9-16(19)10-8-14/h7-10,15H,3-6,11-13H2,1-2H3,(H,20,23). The molecule has 1 saturated heterocycles. The second kappa shape index (κ2) is 8.66. The number of nitrogens with zero attached hydrogens (tertiary/aromatic N) is 2. The van der Waals surface area contributed by atoms with Crippen LogP contribution in [0.5, 0.6) is 0 Å². The lowest BCUT2D eigenvalue weighted by molar-refractivity contribution is -0.126. The number of halogens is 1. The minimum atomic E-state index is -0.235. The average Bonchev–Trinajstić information content (AvgIpc) is 2.59. The maximum absolute atomic E-state index is 12.8. The van der Waals surface area contributed by atoms with Crippen molar-refractivity contribution in [1.82, 2.24) is 15.1 Å². The van der Waals surface area contributed by atoms with Gasteiger partial charge in [-0.1, -0.05) is 12.1 Å². The predicted octanol–water partition coefficient (Wildman–Crippen LogP) is 2.27. The van der Waals surface area contributed by atoms with Crippen LogP contribution in [0.25, 0.3) is 0 Å². The van der Waals surface area contributed by atoms with Gasteiger partial charge in [-0.2, -0.15) is 0 Å². The molecule has 0 aliphatic carbocycles. The lowest BCUT2D eigenvalue weighted by Crippen LogP contribution is -2.48. The number of benzene rings is 1. The van der Waals surface area contributed by atoms with Gasteiger partial charge in [-0.15, -0.1) is 0 Å². The van der Waals surface area contributed by atoms with Gasteiger partial charge in [-0.25, -0.2) is 9.18 Å². The normalized spacial score (nSPS) is 17.5. The Hall–Kier alpha value is -2.11. The minimum absolute atomic E-state index is 0.0189. The van der Waals surface area contributed by atoms with Gasteiger partial charge in [0.15, 0.2) is 0 Å². The molecule has 1 aliphatic heterocycles. The van der Waals surface area contributed by atoms with Gasteiger partial charge in [0.1, 0.15) is 5.82 Å². The lowest BCUT2D eigenvalue weighted by atomic mass is 9.97. The maximum Gasteiger partial charge on any atom is 0.319 e. The van der Waals surface area contributed by atoms with Crippen LogP contribution in [0.15, 0.2) is 24.3 Å². The SMILES string of the molecule is CN(C)C(=O)N1CCCC(C(=O)NCCCc2ccc(F)cc2)C1. The van der Waals surface area contributed by atoms with E-state index >= 15 is 0 Å². The fourth-order valence-electron chi connectivity index (χ4n) is 2.95. The van der Waals surface area contributed by atoms with Crippen LogP contribution in [0.2, 0.25) is 0 Å². The first-order valence-corrected chi connectivity index (χ1v) is 8.45. The van der Waals surface area contributed by atoms with E-state index in [-0.39, 0.29) is 23.7 Å². The van der Waals surface area contributed by atoms with Crippen molar-refractivity contribution in [3.8, 4) is 0 Å². The molecule has 1 aromatic carbocycles. The maximum atomic E-state index is 12.8. The summed E-state index contributed by atoms with van der Waals surface area (Å²) in [5.74, 6) is -0.347. The van der Waals surface area contributed by atoms with Gasteiger partial charge < -0.3 is 15.1 Å². The molecule has 1 aromatic rings. The summed E-state index contributed by atoms with van der Waals surface area (Å²) in [4.78, 5) is 27.6. The zero-order chi connectivity index (χ0) is 17.5. The Morgan fingerprint density at radius 2 is 2.00 bits per heavy atom. The van der Waals surface area contributed by atoms with Crippen LogP contribution < -0.4 is 5.32 Å². The number of amides is 3. The summed E-state index contributed by atoms with van der Waals surface area (Å²) in [7, 11) is 3.45. The Kier molecular flexibility index (Phi) is 6.58. The molecule has 6 heteroatoms. The highest BCUT2D eigenvalue weighted by Gasteiger charge is 2.28. The number of carbonyl (C=O) groups is 2. The molecule has 3 amide bonds. The van der Waals surface area contributed by atoms with Crippen LogP contribution in [0.3, 0.4) is 0 Å². The predicted molar refractivity (Wildman–Crippen MR) is 91.1 cm³/mol. The van der Waals surface area contributed by atoms with Gasteiger partial charge in [0.2, 0.25) is 5.91 Å². The molecule has 2 rings (SSSR count). The van der Waals surface area contributed by atoms with E-state index in [9.17, 15) is 14.0 Å². The summed E-state index contributed by atoms with van der Waals surface area (Å²) in [5.41, 5.74) is 1.06. The highest BCUT2D eigenvalue weighted by molar-refractivity contribution is 5.80. The number of rotatable bonds is 5. The van der Waals surface area contributed by atoms with E-state index in [1.807, 2.05) is 0 Å². The summed E-state index contributed by atoms with van der Waals surface area (Å²) < 4.78 is 12.8. The molecule has 1 aliphatic rings. The van der Waals surface area contributed by atoms with Gasteiger partial charge >= 0.3 is 6.03 Å². The van der Waals surface area contributed by atoms with E-state index in [4.69, 9.17) is 0 Å². The molecule has 132 valence electrons. The summed E-state index contributed by atoms with van der Waals surface area (Å²) in [6, 6.07) is 6.40. The first kappa shape index (κ1) is 18.2. The van der Waals surface area contributed by atoms with Gasteiger partial charge in [0.25, 0.3) is 0 Å². The molecule has 0 saturated carbocycles. The van der Waals surface area contributed by atoms with Crippen molar-refractivity contribution in [3.05, 3.63) is 35.6 Å². The number of hydrogen-bond acceptors (Lipinski definition) is 2. The zero-order valence-electron chi connectivity index (χ0n) is 14.4. The van der Waals surface area contributed by atoms with Crippen LogP contribution in [-0.2, 0) is 11.2 Å². The van der Waals surface area contributed by atoms with Gasteiger partial charge in [0.05, 0.1) is 5.92 Å². The molecule has 1 unspecified atom stereocenters. The van der Waals surface area contributed by atoms with Crippen LogP contribution in [0.1, 0.15) is 24.8 Å². The number of nitrogens with one attached hydrogen (secondary N) is 1. The van der Waals surface area contributed by atoms with Crippen molar-refractivity contribution in [1.29, 1.82) is 0 Å². The average molecular weight is 335 g/mol. The third-order valence-corrected chi connectivity index (χ3v) is 4.30. The summed E-state index contributed by atoms with van der Waals surface area (Å²) >= 11 is 0. The lowest BCUT2D eigenvalue weighted by Gasteiger charge is -2.33. The molecule has 5 nitrogen and oxygen atoms in total. The molecule has 1 atom stereocenters. The number of carbonyl (C=O) groups excluding carboxylic acids is 2. The smallest absolute Gasteiger partial charge is 0.319 e. The quantitative estimate of drug-likeness (QED) is 0.839. The van der Waals surface area contributed by atoms with E-state index in [0.29, 0.717) is 19.6 Å². The Labute approximate surface area is 142 Å². The third-order valence-electron chi connectivity index (χ3n) is 4.30. The number of hydrogen-bond donors (Lipinski definition) is 1. The van der Waals surface area contributed by atoms with E-state index < -0.39 is 0 Å². The Bertz CT molecular complexity index is 560. The third kappa shape index (κ3) is 5.22. The number of urea groups is 1. The molecule has 24 heavy (non-hydrogen) atoms. The highest BCUT2D eigenvalue weighted by atomic mass is 19.1. The van der Waals surface area contributed by atoms with Gasteiger partial charge in [-0.05, 0) is 43.4 Å². The fraction of sp³-hybridized carbons (Fsp3) is 0.556. The number of likely N-dealkylation sites (tertiary alicyclic amines) is 1. The zero-order valence-corrected chi connectivity index (χ0v) is 14.4. The summed E-state index contributed by atoms with van der Waals surface area (Å²) in [6.45, 7) is 1.79. The Morgan fingerprint density at radius 1 is 1.29 bits per heavy atom. The van der Waals surface area contributed by atoms with Crippen LogP contribution >= 0.6 is 0 Å². The molecule has 0 aromatic heterocycles. The molecule has 0 spiro atoms. The van der Waals surface area contributed by atoms with Crippen molar-refractivity contribution in [2.24, 2.45) is 5.92 Å². The van der Waals surface area contributed by atoms with Crippen LogP contribution in [0, 0.1) is 11.7 Å². The molecule has 1 N–H and O–H groups in total. The van der Waals surface area contributed by atoms with E-state index in [0.717, 1.165) is 31.2 Å². The van der Waals surface area contributed by atoms with Crippen molar-refractivity contribution < 1.29 is 14.0 Å². The number of aryl methyl sites for hydroxylation is 1. The molecular formula is C18H26FN3O2. The second-order valence-electron chi connectivity index (χ2n) is 6.48. The first-order chi connectivity index (χ1) is 11.5. The molecule has 1 fully saturated rings. The topological polar surface area (TPSA) is 52.7 Å². The van der Waals surface area contributed by atoms with E-state index in [1.165, 1.54) is 12.1 Å². The summed E-state index contributed by atoms with van der Waals surface area (Å²) in [6.07, 6.45) is 3.29.